The van der Waals surface area contributed by atoms with Crippen LogP contribution in [0.2, 0.25) is 0 Å². The average Bonchev–Trinajstić information content (AvgIpc) is 3.31. The van der Waals surface area contributed by atoms with Crippen molar-refractivity contribution >= 4 is 5.91 Å². The lowest BCUT2D eigenvalue weighted by Gasteiger charge is -2.29. The molecule has 0 spiro atoms. The van der Waals surface area contributed by atoms with Crippen LogP contribution >= 0.6 is 0 Å². The Morgan fingerprint density at radius 2 is 2.07 bits per heavy atom. The number of amides is 1. The molecule has 0 aromatic carbocycles. The Labute approximate surface area is 157 Å². The van der Waals surface area contributed by atoms with Crippen LogP contribution in [0.3, 0.4) is 0 Å². The van der Waals surface area contributed by atoms with E-state index in [2.05, 4.69) is 27.1 Å². The highest BCUT2D eigenvalue weighted by atomic mass is 16.2. The Morgan fingerprint density at radius 1 is 1.22 bits per heavy atom. The molecule has 3 atom stereocenters. The zero-order chi connectivity index (χ0) is 18.4. The third-order valence-electron chi connectivity index (χ3n) is 6.23. The molecule has 6 nitrogen and oxygen atoms in total. The van der Waals surface area contributed by atoms with Gasteiger partial charge in [-0.05, 0) is 49.1 Å². The van der Waals surface area contributed by atoms with Gasteiger partial charge >= 0.3 is 0 Å². The van der Waals surface area contributed by atoms with Gasteiger partial charge in [0.15, 0.2) is 0 Å². The van der Waals surface area contributed by atoms with Crippen LogP contribution in [0.1, 0.15) is 30.5 Å². The van der Waals surface area contributed by atoms with Gasteiger partial charge in [0.1, 0.15) is 5.82 Å². The van der Waals surface area contributed by atoms with E-state index >= 15 is 0 Å². The summed E-state index contributed by atoms with van der Waals surface area (Å²) < 4.78 is 0. The molecule has 6 heteroatoms. The van der Waals surface area contributed by atoms with Crippen LogP contribution in [-0.4, -0.2) is 32.3 Å². The second kappa shape index (κ2) is 6.44. The highest BCUT2D eigenvalue weighted by Crippen LogP contribution is 2.45. The lowest BCUT2D eigenvalue weighted by Crippen LogP contribution is -2.40. The number of hydrogen-bond donors (Lipinski definition) is 1. The Balaban J connectivity index is 1.35. The van der Waals surface area contributed by atoms with Crippen molar-refractivity contribution in [3.63, 3.8) is 0 Å². The van der Waals surface area contributed by atoms with Gasteiger partial charge in [-0.2, -0.15) is 0 Å². The van der Waals surface area contributed by atoms with Gasteiger partial charge < -0.3 is 9.88 Å². The molecule has 1 aliphatic heterocycles. The summed E-state index contributed by atoms with van der Waals surface area (Å²) in [6.45, 7) is 1.02. The first-order valence-corrected chi connectivity index (χ1v) is 9.66. The van der Waals surface area contributed by atoms with E-state index in [1.807, 2.05) is 17.0 Å². The topological polar surface area (TPSA) is 79.0 Å². The molecule has 3 aliphatic rings. The molecule has 2 aromatic heterocycles. The summed E-state index contributed by atoms with van der Waals surface area (Å²) in [5, 5.41) is 0. The van der Waals surface area contributed by atoms with Crippen LogP contribution < -0.4 is 5.56 Å². The van der Waals surface area contributed by atoms with Gasteiger partial charge in [-0.3, -0.25) is 14.6 Å². The zero-order valence-corrected chi connectivity index (χ0v) is 15.1. The van der Waals surface area contributed by atoms with Gasteiger partial charge in [-0.1, -0.05) is 12.2 Å². The maximum absolute atomic E-state index is 12.9. The lowest BCUT2D eigenvalue weighted by atomic mass is 9.90. The Morgan fingerprint density at radius 3 is 2.81 bits per heavy atom. The third kappa shape index (κ3) is 2.99. The first-order chi connectivity index (χ1) is 13.2. The predicted octanol–water partition coefficient (Wildman–Crippen LogP) is 2.32. The quantitative estimate of drug-likeness (QED) is 0.850. The van der Waals surface area contributed by atoms with Crippen LogP contribution in [-0.2, 0) is 17.8 Å². The van der Waals surface area contributed by atoms with Gasteiger partial charge in [0.2, 0.25) is 5.91 Å². The molecule has 138 valence electrons. The van der Waals surface area contributed by atoms with Gasteiger partial charge in [0.05, 0.1) is 12.2 Å². The van der Waals surface area contributed by atoms with Gasteiger partial charge in [-0.25, -0.2) is 4.98 Å². The number of fused-ring (bicyclic) bond motifs is 3. The number of pyridine rings is 1. The van der Waals surface area contributed by atoms with E-state index in [-0.39, 0.29) is 11.5 Å². The molecule has 5 rings (SSSR count). The smallest absolute Gasteiger partial charge is 0.254 e. The summed E-state index contributed by atoms with van der Waals surface area (Å²) in [5.74, 6) is 2.47. The number of carbonyl (C=O) groups excluding carboxylic acids is 1. The van der Waals surface area contributed by atoms with Crippen molar-refractivity contribution in [3.8, 4) is 11.4 Å². The molecular formula is C21H22N4O2. The summed E-state index contributed by atoms with van der Waals surface area (Å²) >= 11 is 0. The molecule has 1 amide bonds. The average molecular weight is 362 g/mol. The van der Waals surface area contributed by atoms with Gasteiger partial charge in [0, 0.05) is 36.5 Å². The fourth-order valence-corrected chi connectivity index (χ4v) is 4.78. The minimum Gasteiger partial charge on any atom is -0.336 e. The summed E-state index contributed by atoms with van der Waals surface area (Å²) in [6, 6.07) is 3.64. The van der Waals surface area contributed by atoms with Crippen molar-refractivity contribution in [2.75, 3.05) is 6.54 Å². The second-order valence-corrected chi connectivity index (χ2v) is 7.89. The molecule has 2 aliphatic carbocycles. The number of nitrogens with zero attached hydrogens (tertiary/aromatic N) is 3. The van der Waals surface area contributed by atoms with E-state index in [4.69, 9.17) is 0 Å². The van der Waals surface area contributed by atoms with Crippen molar-refractivity contribution in [2.45, 2.75) is 32.2 Å². The molecule has 0 saturated heterocycles. The second-order valence-electron chi connectivity index (χ2n) is 7.89. The van der Waals surface area contributed by atoms with E-state index in [1.165, 1.54) is 6.42 Å². The third-order valence-corrected chi connectivity index (χ3v) is 6.23. The summed E-state index contributed by atoms with van der Waals surface area (Å²) in [7, 11) is 0. The predicted molar refractivity (Wildman–Crippen MR) is 101 cm³/mol. The minimum absolute atomic E-state index is 0.0999. The SMILES string of the molecule is O=C(CC1CC2C=CC1C2)N1CCc2c(nc(-c3ccncc3)[nH]c2=O)C1. The number of aromatic amines is 1. The summed E-state index contributed by atoms with van der Waals surface area (Å²) in [6.07, 6.45) is 11.5. The van der Waals surface area contributed by atoms with Crippen molar-refractivity contribution in [1.82, 2.24) is 19.9 Å². The Bertz CT molecular complexity index is 966. The molecule has 0 radical (unpaired) electrons. The van der Waals surface area contributed by atoms with E-state index in [1.54, 1.807) is 12.4 Å². The largest absolute Gasteiger partial charge is 0.336 e. The van der Waals surface area contributed by atoms with Crippen LogP contribution in [0.25, 0.3) is 11.4 Å². The van der Waals surface area contributed by atoms with E-state index in [9.17, 15) is 9.59 Å². The molecule has 3 unspecified atom stereocenters. The fraction of sp³-hybridized carbons (Fsp3) is 0.429. The van der Waals surface area contributed by atoms with Crippen LogP contribution in [0.15, 0.2) is 41.5 Å². The molecule has 3 heterocycles. The highest BCUT2D eigenvalue weighted by molar-refractivity contribution is 5.77. The zero-order valence-electron chi connectivity index (χ0n) is 15.1. The molecule has 2 aromatic rings. The maximum Gasteiger partial charge on any atom is 0.254 e. The van der Waals surface area contributed by atoms with Crippen LogP contribution in [0.5, 0.6) is 0 Å². The van der Waals surface area contributed by atoms with Crippen molar-refractivity contribution < 1.29 is 4.79 Å². The molecular weight excluding hydrogens is 340 g/mol. The monoisotopic (exact) mass is 362 g/mol. The van der Waals surface area contributed by atoms with Crippen LogP contribution in [0, 0.1) is 17.8 Å². The van der Waals surface area contributed by atoms with Crippen LogP contribution in [0.4, 0.5) is 0 Å². The number of rotatable bonds is 3. The summed E-state index contributed by atoms with van der Waals surface area (Å²) in [4.78, 5) is 38.7. The number of allylic oxidation sites excluding steroid dienone is 2. The standard InChI is InChI=1S/C21H22N4O2/c26-19(11-16-10-13-1-2-15(16)9-13)25-8-5-17-18(12-25)23-20(24-21(17)27)14-3-6-22-7-4-14/h1-4,6-7,13,15-16H,5,8-12H2,(H,23,24,27). The number of carbonyl (C=O) groups is 1. The summed E-state index contributed by atoms with van der Waals surface area (Å²) in [5.41, 5.74) is 2.15. The number of H-pyrrole nitrogens is 1. The van der Waals surface area contributed by atoms with E-state index < -0.39 is 0 Å². The van der Waals surface area contributed by atoms with E-state index in [0.29, 0.717) is 55.1 Å². The van der Waals surface area contributed by atoms with Gasteiger partial charge in [-0.15, -0.1) is 0 Å². The van der Waals surface area contributed by atoms with Gasteiger partial charge in [0.25, 0.3) is 5.56 Å². The maximum atomic E-state index is 12.9. The molecule has 1 saturated carbocycles. The number of nitrogens with one attached hydrogen (secondary N) is 1. The molecule has 1 fully saturated rings. The first kappa shape index (κ1) is 16.4. The van der Waals surface area contributed by atoms with E-state index in [0.717, 1.165) is 17.7 Å². The number of aromatic nitrogens is 3. The fourth-order valence-electron chi connectivity index (χ4n) is 4.78. The molecule has 1 N–H and O–H groups in total. The highest BCUT2D eigenvalue weighted by Gasteiger charge is 2.37. The van der Waals surface area contributed by atoms with Crippen molar-refractivity contribution in [1.29, 1.82) is 0 Å². The molecule has 2 bridgehead atoms. The van der Waals surface area contributed by atoms with Crippen molar-refractivity contribution in [2.24, 2.45) is 17.8 Å². The minimum atomic E-state index is -0.0999. The number of hydrogen-bond acceptors (Lipinski definition) is 4. The Hall–Kier alpha value is -2.76. The lowest BCUT2D eigenvalue weighted by molar-refractivity contribution is -0.133. The Kier molecular flexibility index (Phi) is 3.92. The molecule has 27 heavy (non-hydrogen) atoms. The normalized spacial score (nSPS) is 25.6. The first-order valence-electron chi connectivity index (χ1n) is 9.66. The van der Waals surface area contributed by atoms with Crippen molar-refractivity contribution in [3.05, 3.63) is 58.3 Å².